The zero-order valence-electron chi connectivity index (χ0n) is 23.5. The van der Waals surface area contributed by atoms with Gasteiger partial charge in [-0.3, -0.25) is 4.79 Å². The third kappa shape index (κ3) is 12.4. The smallest absolute Gasteiger partial charge is 0.255 e. The second kappa shape index (κ2) is 19.2. The van der Waals surface area contributed by atoms with Crippen molar-refractivity contribution in [2.24, 2.45) is 0 Å². The van der Waals surface area contributed by atoms with E-state index in [1.807, 2.05) is 36.4 Å². The fourth-order valence-corrected chi connectivity index (χ4v) is 5.54. The number of amides is 1. The van der Waals surface area contributed by atoms with E-state index in [9.17, 15) is 4.79 Å². The maximum absolute atomic E-state index is 12.9. The van der Waals surface area contributed by atoms with Gasteiger partial charge in [-0.15, -0.1) is 0 Å². The summed E-state index contributed by atoms with van der Waals surface area (Å²) >= 11 is 8.14. The summed E-state index contributed by atoms with van der Waals surface area (Å²) in [5.41, 5.74) is 5.57. The Morgan fingerprint density at radius 3 is 2.21 bits per heavy atom. The first-order chi connectivity index (χ1) is 18.6. The highest BCUT2D eigenvalue weighted by atomic mass is 79.9. The van der Waals surface area contributed by atoms with Gasteiger partial charge in [-0.05, 0) is 30.7 Å². The number of anilines is 1. The molecule has 1 N–H and O–H groups in total. The summed E-state index contributed by atoms with van der Waals surface area (Å²) in [5.74, 6) is 0.562. The standard InChI is InChI=1S/C32H43ClN2O2S.BrH/c1-3-4-5-6-7-8-9-10-11-12-13-14-20-37-29-18-19-31(30(33)22-29)34-32(36)28-17-15-16-27(21-28)23-35-25-38-24-26(35)2;/h15-19,21-22,24-25H,3-14,20,23H2,1-2H3;1H. The van der Waals surface area contributed by atoms with E-state index >= 15 is 0 Å². The summed E-state index contributed by atoms with van der Waals surface area (Å²) in [6, 6.07) is 13.2. The molecular formula is C32H44BrClN2O2S. The van der Waals surface area contributed by atoms with Gasteiger partial charge in [-0.25, -0.2) is 0 Å². The van der Waals surface area contributed by atoms with Crippen molar-refractivity contribution in [3.63, 3.8) is 0 Å². The van der Waals surface area contributed by atoms with E-state index < -0.39 is 0 Å². The Hall–Kier alpha value is -1.89. The number of carbonyl (C=O) groups excluding carboxylic acids is 1. The highest BCUT2D eigenvalue weighted by Gasteiger charge is 2.13. The van der Waals surface area contributed by atoms with Gasteiger partial charge in [0.05, 0.1) is 22.7 Å². The predicted octanol–water partition coefficient (Wildman–Crippen LogP) is 6.38. The molecule has 214 valence electrons. The largest absolute Gasteiger partial charge is 1.00 e. The second-order valence-electron chi connectivity index (χ2n) is 10.2. The van der Waals surface area contributed by atoms with Gasteiger partial charge in [0.1, 0.15) is 5.75 Å². The molecule has 0 spiro atoms. The number of benzene rings is 2. The predicted molar refractivity (Wildman–Crippen MR) is 161 cm³/mol. The lowest BCUT2D eigenvalue weighted by Crippen LogP contribution is -3.00. The maximum atomic E-state index is 12.9. The average molecular weight is 636 g/mol. The molecule has 1 amide bonds. The molecule has 3 rings (SSSR count). The Kier molecular flexibility index (Phi) is 16.4. The van der Waals surface area contributed by atoms with Crippen LogP contribution in [0.2, 0.25) is 5.02 Å². The molecule has 7 heteroatoms. The SMILES string of the molecule is CCCCCCCCCCCCCCOc1ccc(NC(=O)c2cccc(C[n+]3cscc3C)c2)c(Cl)c1.[Br-]. The number of hydrogen-bond donors (Lipinski definition) is 1. The Labute approximate surface area is 254 Å². The van der Waals surface area contributed by atoms with Crippen LogP contribution in [-0.2, 0) is 6.54 Å². The van der Waals surface area contributed by atoms with Gasteiger partial charge in [0.2, 0.25) is 5.51 Å². The Bertz CT molecular complexity index is 1120. The zero-order chi connectivity index (χ0) is 27.0. The number of rotatable bonds is 18. The summed E-state index contributed by atoms with van der Waals surface area (Å²) in [6.45, 7) is 5.78. The fraction of sp³-hybridized carbons (Fsp3) is 0.500. The normalized spacial score (nSPS) is 10.7. The monoisotopic (exact) mass is 634 g/mol. The van der Waals surface area contributed by atoms with E-state index in [2.05, 4.69) is 34.6 Å². The maximum Gasteiger partial charge on any atom is 0.255 e. The Morgan fingerprint density at radius 2 is 1.59 bits per heavy atom. The van der Waals surface area contributed by atoms with Gasteiger partial charge in [-0.1, -0.05) is 113 Å². The van der Waals surface area contributed by atoms with E-state index in [-0.39, 0.29) is 22.9 Å². The molecule has 1 heterocycles. The van der Waals surface area contributed by atoms with Crippen LogP contribution in [0.3, 0.4) is 0 Å². The number of unbranched alkanes of at least 4 members (excludes halogenated alkanes) is 11. The minimum Gasteiger partial charge on any atom is -1.00 e. The van der Waals surface area contributed by atoms with Crippen LogP contribution in [-0.4, -0.2) is 12.5 Å². The molecule has 0 unspecified atom stereocenters. The number of carbonyl (C=O) groups is 1. The van der Waals surface area contributed by atoms with Crippen LogP contribution in [0.15, 0.2) is 53.4 Å². The number of nitrogens with one attached hydrogen (secondary N) is 1. The molecular weight excluding hydrogens is 592 g/mol. The summed E-state index contributed by atoms with van der Waals surface area (Å²) in [6.07, 6.45) is 15.9. The van der Waals surface area contributed by atoms with E-state index in [0.717, 1.165) is 24.3 Å². The molecule has 2 aromatic carbocycles. The molecule has 0 saturated heterocycles. The number of aryl methyl sites for hydroxylation is 1. The summed E-state index contributed by atoms with van der Waals surface area (Å²) in [7, 11) is 0. The Balaban J connectivity index is 0.00000533. The van der Waals surface area contributed by atoms with Gasteiger partial charge >= 0.3 is 0 Å². The van der Waals surface area contributed by atoms with Crippen molar-refractivity contribution in [2.45, 2.75) is 97.4 Å². The van der Waals surface area contributed by atoms with Crippen LogP contribution in [0.4, 0.5) is 5.69 Å². The van der Waals surface area contributed by atoms with E-state index in [1.54, 1.807) is 17.4 Å². The van der Waals surface area contributed by atoms with Crippen molar-refractivity contribution in [1.29, 1.82) is 0 Å². The third-order valence-electron chi connectivity index (χ3n) is 6.88. The van der Waals surface area contributed by atoms with Gasteiger partial charge in [0.15, 0.2) is 12.2 Å². The highest BCUT2D eigenvalue weighted by molar-refractivity contribution is 7.07. The van der Waals surface area contributed by atoms with Crippen LogP contribution in [0.1, 0.15) is 106 Å². The number of halogens is 2. The third-order valence-corrected chi connectivity index (χ3v) is 8.04. The molecule has 0 aliphatic rings. The van der Waals surface area contributed by atoms with Crippen molar-refractivity contribution in [3.8, 4) is 5.75 Å². The van der Waals surface area contributed by atoms with Crippen molar-refractivity contribution >= 4 is 34.5 Å². The fourth-order valence-electron chi connectivity index (χ4n) is 4.54. The number of hydrogen-bond acceptors (Lipinski definition) is 3. The highest BCUT2D eigenvalue weighted by Crippen LogP contribution is 2.27. The number of thiazole rings is 1. The van der Waals surface area contributed by atoms with Crippen LogP contribution in [0.25, 0.3) is 0 Å². The summed E-state index contributed by atoms with van der Waals surface area (Å²) in [5, 5.41) is 5.53. The lowest BCUT2D eigenvalue weighted by molar-refractivity contribution is -0.689. The van der Waals surface area contributed by atoms with Crippen LogP contribution >= 0.6 is 22.9 Å². The second-order valence-corrected chi connectivity index (χ2v) is 11.3. The first-order valence-corrected chi connectivity index (χ1v) is 15.6. The Morgan fingerprint density at radius 1 is 0.923 bits per heavy atom. The summed E-state index contributed by atoms with van der Waals surface area (Å²) < 4.78 is 8.08. The van der Waals surface area contributed by atoms with E-state index in [1.165, 1.54) is 76.3 Å². The van der Waals surface area contributed by atoms with Gasteiger partial charge < -0.3 is 27.0 Å². The lowest BCUT2D eigenvalue weighted by Gasteiger charge is -2.11. The van der Waals surface area contributed by atoms with Crippen molar-refractivity contribution in [1.82, 2.24) is 0 Å². The molecule has 0 saturated carbocycles. The van der Waals surface area contributed by atoms with Gasteiger partial charge in [0.25, 0.3) is 5.91 Å². The number of ether oxygens (including phenoxy) is 1. The van der Waals surface area contributed by atoms with E-state index in [4.69, 9.17) is 16.3 Å². The van der Waals surface area contributed by atoms with Crippen molar-refractivity contribution in [3.05, 3.63) is 75.2 Å². The van der Waals surface area contributed by atoms with Gasteiger partial charge in [-0.2, -0.15) is 4.57 Å². The molecule has 0 fully saturated rings. The van der Waals surface area contributed by atoms with Crippen molar-refractivity contribution in [2.75, 3.05) is 11.9 Å². The first-order valence-electron chi connectivity index (χ1n) is 14.3. The minimum absolute atomic E-state index is 0. The average Bonchev–Trinajstić information content (AvgIpc) is 3.32. The number of nitrogens with zero attached hydrogens (tertiary/aromatic N) is 1. The van der Waals surface area contributed by atoms with Crippen LogP contribution in [0.5, 0.6) is 5.75 Å². The molecule has 1 aromatic heterocycles. The minimum atomic E-state index is -0.175. The molecule has 39 heavy (non-hydrogen) atoms. The lowest BCUT2D eigenvalue weighted by atomic mass is 10.1. The summed E-state index contributed by atoms with van der Waals surface area (Å²) in [4.78, 5) is 12.9. The molecule has 0 radical (unpaired) electrons. The molecule has 0 atom stereocenters. The molecule has 0 aliphatic heterocycles. The molecule has 0 bridgehead atoms. The number of aromatic nitrogens is 1. The van der Waals surface area contributed by atoms with Crippen molar-refractivity contribution < 1.29 is 31.1 Å². The van der Waals surface area contributed by atoms with E-state index in [0.29, 0.717) is 22.9 Å². The molecule has 0 aliphatic carbocycles. The quantitative estimate of drug-likeness (QED) is 0.130. The first kappa shape index (κ1) is 33.3. The molecule has 3 aromatic rings. The zero-order valence-corrected chi connectivity index (χ0v) is 26.7. The van der Waals surface area contributed by atoms with Crippen LogP contribution in [0, 0.1) is 6.92 Å². The topological polar surface area (TPSA) is 42.2 Å². The molecule has 4 nitrogen and oxygen atoms in total. The van der Waals surface area contributed by atoms with Gasteiger partial charge in [0, 0.05) is 24.1 Å². The van der Waals surface area contributed by atoms with Crippen LogP contribution < -0.4 is 31.6 Å².